The molecule has 0 saturated heterocycles. The zero-order valence-electron chi connectivity index (χ0n) is 16.7. The lowest BCUT2D eigenvalue weighted by Gasteiger charge is -2.15. The van der Waals surface area contributed by atoms with Crippen LogP contribution in [0.2, 0.25) is 0 Å². The van der Waals surface area contributed by atoms with Crippen LogP contribution in [0.1, 0.15) is 40.2 Å². The number of nitrogens with zero attached hydrogens (tertiary/aromatic N) is 3. The lowest BCUT2D eigenvalue weighted by atomic mass is 9.95. The molecule has 164 valence electrons. The molecule has 1 N–H and O–H groups in total. The van der Waals surface area contributed by atoms with Crippen molar-refractivity contribution in [1.29, 1.82) is 0 Å². The number of benzene rings is 1. The van der Waals surface area contributed by atoms with Gasteiger partial charge >= 0.3 is 6.18 Å². The molecule has 0 saturated carbocycles. The van der Waals surface area contributed by atoms with Crippen LogP contribution >= 0.6 is 0 Å². The van der Waals surface area contributed by atoms with Crippen molar-refractivity contribution in [2.24, 2.45) is 0 Å². The Bertz CT molecular complexity index is 1030. The summed E-state index contributed by atoms with van der Waals surface area (Å²) >= 11 is 0. The van der Waals surface area contributed by atoms with Crippen LogP contribution in [0.25, 0.3) is 0 Å². The maximum atomic E-state index is 13.2. The highest BCUT2D eigenvalue weighted by molar-refractivity contribution is 7.89. The van der Waals surface area contributed by atoms with Crippen molar-refractivity contribution in [3.8, 4) is 0 Å². The number of nitrogens with one attached hydrogen (secondary N) is 1. The van der Waals surface area contributed by atoms with Crippen LogP contribution in [0.15, 0.2) is 29.2 Å². The van der Waals surface area contributed by atoms with E-state index >= 15 is 0 Å². The number of halogens is 3. The van der Waals surface area contributed by atoms with Gasteiger partial charge in [0, 0.05) is 37.5 Å². The van der Waals surface area contributed by atoms with E-state index in [0.29, 0.717) is 25.0 Å². The normalized spacial score (nSPS) is 14.6. The summed E-state index contributed by atoms with van der Waals surface area (Å²) in [6.45, 7) is 0.221. The van der Waals surface area contributed by atoms with Crippen LogP contribution in [0.4, 0.5) is 13.2 Å². The van der Waals surface area contributed by atoms with Crippen LogP contribution in [0.3, 0.4) is 0 Å². The van der Waals surface area contributed by atoms with E-state index in [9.17, 15) is 26.4 Å². The molecule has 1 aliphatic carbocycles. The summed E-state index contributed by atoms with van der Waals surface area (Å²) in [6.07, 6.45) is -2.08. The topological polar surface area (TPSA) is 84.3 Å². The molecule has 0 unspecified atom stereocenters. The van der Waals surface area contributed by atoms with E-state index < -0.39 is 27.8 Å². The minimum absolute atomic E-state index is 0.0619. The van der Waals surface area contributed by atoms with Crippen molar-refractivity contribution in [2.45, 2.75) is 43.3 Å². The Morgan fingerprint density at radius 3 is 2.40 bits per heavy atom. The SMILES string of the molecule is CN(C)S(=O)(=O)c1ccc(C(=O)NCCn2nc(C(F)(F)F)c3c2CCCC3)cc1. The number of hydrogen-bond donors (Lipinski definition) is 1. The van der Waals surface area contributed by atoms with Gasteiger partial charge in [0.15, 0.2) is 5.69 Å². The summed E-state index contributed by atoms with van der Waals surface area (Å²) in [6, 6.07) is 5.46. The van der Waals surface area contributed by atoms with Gasteiger partial charge in [-0.2, -0.15) is 18.3 Å². The lowest BCUT2D eigenvalue weighted by molar-refractivity contribution is -0.142. The van der Waals surface area contributed by atoms with E-state index in [1.807, 2.05) is 0 Å². The number of fused-ring (bicyclic) bond motifs is 1. The molecule has 1 amide bonds. The average Bonchev–Trinajstić information content (AvgIpc) is 3.07. The quantitative estimate of drug-likeness (QED) is 0.742. The molecule has 0 atom stereocenters. The van der Waals surface area contributed by atoms with Crippen molar-refractivity contribution in [3.63, 3.8) is 0 Å². The van der Waals surface area contributed by atoms with E-state index in [2.05, 4.69) is 10.4 Å². The molecule has 3 rings (SSSR count). The maximum absolute atomic E-state index is 13.2. The number of aromatic nitrogens is 2. The summed E-state index contributed by atoms with van der Waals surface area (Å²) in [4.78, 5) is 12.4. The number of hydrogen-bond acceptors (Lipinski definition) is 4. The predicted octanol–water partition coefficient (Wildman–Crippen LogP) is 2.46. The second-order valence-corrected chi connectivity index (χ2v) is 9.42. The van der Waals surface area contributed by atoms with Crippen LogP contribution in [-0.2, 0) is 35.6 Å². The fourth-order valence-electron chi connectivity index (χ4n) is 3.45. The molecule has 7 nitrogen and oxygen atoms in total. The van der Waals surface area contributed by atoms with Gasteiger partial charge in [0.2, 0.25) is 10.0 Å². The summed E-state index contributed by atoms with van der Waals surface area (Å²) < 4.78 is 66.3. The Morgan fingerprint density at radius 1 is 1.17 bits per heavy atom. The third kappa shape index (κ3) is 4.51. The summed E-state index contributed by atoms with van der Waals surface area (Å²) in [5.74, 6) is -0.444. The molecule has 0 bridgehead atoms. The summed E-state index contributed by atoms with van der Waals surface area (Å²) in [5.41, 5.74) is 0.270. The molecule has 1 aromatic carbocycles. The average molecular weight is 444 g/mol. The Balaban J connectivity index is 1.66. The zero-order chi connectivity index (χ0) is 22.1. The first-order chi connectivity index (χ1) is 14.0. The van der Waals surface area contributed by atoms with Crippen molar-refractivity contribution in [2.75, 3.05) is 20.6 Å². The lowest BCUT2D eigenvalue weighted by Crippen LogP contribution is -2.28. The Hall–Kier alpha value is -2.40. The molecular weight excluding hydrogens is 421 g/mol. The number of amides is 1. The van der Waals surface area contributed by atoms with E-state index in [-0.39, 0.29) is 29.1 Å². The van der Waals surface area contributed by atoms with Gasteiger partial charge in [-0.05, 0) is 49.9 Å². The van der Waals surface area contributed by atoms with Gasteiger partial charge < -0.3 is 5.32 Å². The van der Waals surface area contributed by atoms with Crippen LogP contribution in [0.5, 0.6) is 0 Å². The maximum Gasteiger partial charge on any atom is 0.435 e. The molecule has 0 radical (unpaired) electrons. The molecule has 0 aliphatic heterocycles. The second kappa shape index (κ2) is 8.38. The van der Waals surface area contributed by atoms with E-state index in [0.717, 1.165) is 10.7 Å². The number of carbonyl (C=O) groups is 1. The highest BCUT2D eigenvalue weighted by atomic mass is 32.2. The van der Waals surface area contributed by atoms with Gasteiger partial charge in [0.25, 0.3) is 5.91 Å². The molecule has 11 heteroatoms. The van der Waals surface area contributed by atoms with Gasteiger partial charge in [0.05, 0.1) is 11.4 Å². The first-order valence-electron chi connectivity index (χ1n) is 9.48. The predicted molar refractivity (Wildman–Crippen MR) is 104 cm³/mol. The van der Waals surface area contributed by atoms with Gasteiger partial charge in [-0.1, -0.05) is 0 Å². The van der Waals surface area contributed by atoms with Gasteiger partial charge in [-0.15, -0.1) is 0 Å². The Morgan fingerprint density at radius 2 is 1.80 bits per heavy atom. The molecule has 1 aromatic heterocycles. The van der Waals surface area contributed by atoms with Crippen LogP contribution < -0.4 is 5.32 Å². The Labute approximate surface area is 172 Å². The first-order valence-corrected chi connectivity index (χ1v) is 10.9. The third-order valence-electron chi connectivity index (χ3n) is 5.03. The van der Waals surface area contributed by atoms with Crippen LogP contribution in [-0.4, -0.2) is 49.1 Å². The second-order valence-electron chi connectivity index (χ2n) is 7.27. The smallest absolute Gasteiger partial charge is 0.350 e. The van der Waals surface area contributed by atoms with Crippen molar-refractivity contribution in [1.82, 2.24) is 19.4 Å². The van der Waals surface area contributed by atoms with E-state index in [1.165, 1.54) is 43.0 Å². The largest absolute Gasteiger partial charge is 0.435 e. The van der Waals surface area contributed by atoms with E-state index in [4.69, 9.17) is 0 Å². The number of alkyl halides is 3. The molecule has 0 spiro atoms. The molecule has 30 heavy (non-hydrogen) atoms. The van der Waals surface area contributed by atoms with Crippen LogP contribution in [0, 0.1) is 0 Å². The fourth-order valence-corrected chi connectivity index (χ4v) is 4.35. The van der Waals surface area contributed by atoms with Gasteiger partial charge in [0.1, 0.15) is 0 Å². The van der Waals surface area contributed by atoms with Crippen molar-refractivity contribution >= 4 is 15.9 Å². The van der Waals surface area contributed by atoms with Gasteiger partial charge in [-0.3, -0.25) is 9.48 Å². The molecular formula is C19H23F3N4O3S. The fraction of sp³-hybridized carbons (Fsp3) is 0.474. The monoisotopic (exact) mass is 444 g/mol. The number of carbonyl (C=O) groups excluding carboxylic acids is 1. The molecule has 2 aromatic rings. The Kier molecular flexibility index (Phi) is 6.23. The molecule has 0 fully saturated rings. The third-order valence-corrected chi connectivity index (χ3v) is 6.86. The number of rotatable bonds is 6. The first kappa shape index (κ1) is 22.3. The summed E-state index contributed by atoms with van der Waals surface area (Å²) in [7, 11) is -0.771. The zero-order valence-corrected chi connectivity index (χ0v) is 17.5. The van der Waals surface area contributed by atoms with Crippen molar-refractivity contribution in [3.05, 3.63) is 46.8 Å². The number of sulfonamides is 1. The van der Waals surface area contributed by atoms with Gasteiger partial charge in [-0.25, -0.2) is 12.7 Å². The summed E-state index contributed by atoms with van der Waals surface area (Å²) in [5, 5.41) is 6.40. The van der Waals surface area contributed by atoms with E-state index in [1.54, 1.807) is 0 Å². The minimum atomic E-state index is -4.50. The minimum Gasteiger partial charge on any atom is -0.350 e. The standard InChI is InChI=1S/C19H23F3N4O3S/c1-25(2)30(28,29)14-9-7-13(8-10-14)18(27)23-11-12-26-16-6-4-3-5-15(16)17(24-26)19(20,21)22/h7-10H,3-6,11-12H2,1-2H3,(H,23,27). The highest BCUT2D eigenvalue weighted by Gasteiger charge is 2.39. The van der Waals surface area contributed by atoms with Crippen molar-refractivity contribution < 1.29 is 26.4 Å². The highest BCUT2D eigenvalue weighted by Crippen LogP contribution is 2.35. The molecule has 1 aliphatic rings. The molecule has 1 heterocycles.